The minimum Gasteiger partial charge on any atom is -0.486 e. The van der Waals surface area contributed by atoms with Crippen molar-refractivity contribution in [3.05, 3.63) is 30.3 Å². The third-order valence-electron chi connectivity index (χ3n) is 5.38. The molecular weight excluding hydrogens is 346 g/mol. The summed E-state index contributed by atoms with van der Waals surface area (Å²) in [6.07, 6.45) is 7.16. The Balaban J connectivity index is 1.53. The van der Waals surface area contributed by atoms with Crippen LogP contribution in [0, 0.1) is 5.92 Å². The number of amides is 1. The Kier molecular flexibility index (Phi) is 5.29. The van der Waals surface area contributed by atoms with E-state index in [4.69, 9.17) is 19.6 Å². The van der Waals surface area contributed by atoms with Gasteiger partial charge in [-0.3, -0.25) is 4.79 Å². The van der Waals surface area contributed by atoms with Gasteiger partial charge in [0.1, 0.15) is 13.2 Å². The molecule has 1 saturated carbocycles. The van der Waals surface area contributed by atoms with Crippen LogP contribution in [0.3, 0.4) is 0 Å². The predicted molar refractivity (Wildman–Crippen MR) is 99.8 cm³/mol. The van der Waals surface area contributed by atoms with Crippen LogP contribution in [0.1, 0.15) is 42.6 Å². The van der Waals surface area contributed by atoms with Crippen molar-refractivity contribution in [2.75, 3.05) is 19.8 Å². The van der Waals surface area contributed by atoms with Crippen molar-refractivity contribution in [2.45, 2.75) is 38.1 Å². The molecule has 2 heterocycles. The molecule has 0 bridgehead atoms. The molecule has 7 heteroatoms. The lowest BCUT2D eigenvalue weighted by Gasteiger charge is -2.29. The number of benzene rings is 1. The first-order chi connectivity index (χ1) is 13.3. The van der Waals surface area contributed by atoms with Crippen molar-refractivity contribution in [2.24, 2.45) is 11.7 Å². The summed E-state index contributed by atoms with van der Waals surface area (Å²) in [5.41, 5.74) is 6.93. The van der Waals surface area contributed by atoms with Gasteiger partial charge in [-0.05, 0) is 37.0 Å². The van der Waals surface area contributed by atoms with Gasteiger partial charge in [0.15, 0.2) is 29.3 Å². The van der Waals surface area contributed by atoms with Crippen LogP contribution in [-0.4, -0.2) is 36.7 Å². The fraction of sp³-hybridized carbons (Fsp3) is 0.500. The molecule has 1 aliphatic carbocycles. The Morgan fingerprint density at radius 1 is 1.19 bits per heavy atom. The standard InChI is InChI=1S/C20H25N3O4/c21-11-15(13-4-2-1-3-5-13)23-20(24)18-19(27-12-22-18)14-6-7-16-17(10-14)26-9-8-25-16/h6-7,10,12-13,15H,1-5,8-9,11,21H2,(H,23,24). The maximum Gasteiger partial charge on any atom is 0.274 e. The third kappa shape index (κ3) is 3.78. The van der Waals surface area contributed by atoms with Crippen LogP contribution in [0.4, 0.5) is 0 Å². The highest BCUT2D eigenvalue weighted by atomic mass is 16.6. The summed E-state index contributed by atoms with van der Waals surface area (Å²) < 4.78 is 16.7. The van der Waals surface area contributed by atoms with Crippen LogP contribution in [0.15, 0.2) is 29.0 Å². The lowest BCUT2D eigenvalue weighted by Crippen LogP contribution is -2.46. The average molecular weight is 371 g/mol. The first-order valence-electron chi connectivity index (χ1n) is 9.60. The van der Waals surface area contributed by atoms with Gasteiger partial charge in [-0.25, -0.2) is 4.98 Å². The summed E-state index contributed by atoms with van der Waals surface area (Å²) >= 11 is 0. The minimum atomic E-state index is -0.255. The fourth-order valence-electron chi connectivity index (χ4n) is 3.94. The summed E-state index contributed by atoms with van der Waals surface area (Å²) in [4.78, 5) is 17.0. The van der Waals surface area contributed by atoms with Gasteiger partial charge >= 0.3 is 0 Å². The lowest BCUT2D eigenvalue weighted by atomic mass is 9.84. The number of rotatable bonds is 5. The number of nitrogens with zero attached hydrogens (tertiary/aromatic N) is 1. The smallest absolute Gasteiger partial charge is 0.274 e. The van der Waals surface area contributed by atoms with Crippen LogP contribution in [0.25, 0.3) is 11.3 Å². The Labute approximate surface area is 158 Å². The van der Waals surface area contributed by atoms with Crippen molar-refractivity contribution in [1.29, 1.82) is 0 Å². The van der Waals surface area contributed by atoms with E-state index in [1.807, 2.05) is 18.2 Å². The van der Waals surface area contributed by atoms with E-state index in [0.29, 0.717) is 42.9 Å². The number of ether oxygens (including phenoxy) is 2. The number of hydrogen-bond acceptors (Lipinski definition) is 6. The van der Waals surface area contributed by atoms with Crippen molar-refractivity contribution in [3.8, 4) is 22.8 Å². The van der Waals surface area contributed by atoms with Gasteiger partial charge in [0.25, 0.3) is 5.91 Å². The van der Waals surface area contributed by atoms with E-state index >= 15 is 0 Å². The maximum absolute atomic E-state index is 12.9. The summed E-state index contributed by atoms with van der Waals surface area (Å²) in [6, 6.07) is 5.43. The Morgan fingerprint density at radius 3 is 2.74 bits per heavy atom. The number of oxazole rings is 1. The molecule has 1 aromatic carbocycles. The molecule has 4 rings (SSSR count). The molecule has 1 aromatic heterocycles. The minimum absolute atomic E-state index is 0.0392. The van der Waals surface area contributed by atoms with E-state index in [9.17, 15) is 4.79 Å². The summed E-state index contributed by atoms with van der Waals surface area (Å²) in [5, 5.41) is 3.07. The van der Waals surface area contributed by atoms with Gasteiger partial charge in [-0.1, -0.05) is 19.3 Å². The summed E-state index contributed by atoms with van der Waals surface area (Å²) in [7, 11) is 0. The van der Waals surface area contributed by atoms with Gasteiger partial charge < -0.3 is 24.9 Å². The van der Waals surface area contributed by atoms with Gasteiger partial charge in [0, 0.05) is 18.2 Å². The summed E-state index contributed by atoms with van der Waals surface area (Å²) in [6.45, 7) is 1.46. The molecule has 0 spiro atoms. The van der Waals surface area contributed by atoms with Crippen molar-refractivity contribution >= 4 is 5.91 Å². The van der Waals surface area contributed by atoms with Crippen molar-refractivity contribution in [1.82, 2.24) is 10.3 Å². The second-order valence-electron chi connectivity index (χ2n) is 7.10. The molecule has 3 N–H and O–H groups in total. The molecule has 27 heavy (non-hydrogen) atoms. The van der Waals surface area contributed by atoms with Crippen LogP contribution in [0.5, 0.6) is 11.5 Å². The number of hydrogen-bond donors (Lipinski definition) is 2. The first-order valence-corrected chi connectivity index (χ1v) is 9.60. The first kappa shape index (κ1) is 17.9. The van der Waals surface area contributed by atoms with Gasteiger partial charge in [0.2, 0.25) is 0 Å². The normalized spacial score (nSPS) is 18.1. The largest absolute Gasteiger partial charge is 0.486 e. The van der Waals surface area contributed by atoms with Gasteiger partial charge in [-0.2, -0.15) is 0 Å². The number of carbonyl (C=O) groups is 1. The van der Waals surface area contributed by atoms with Crippen LogP contribution in [0.2, 0.25) is 0 Å². The zero-order chi connectivity index (χ0) is 18.6. The summed E-state index contributed by atoms with van der Waals surface area (Å²) in [5.74, 6) is 1.93. The SMILES string of the molecule is NCC(NC(=O)c1ncoc1-c1ccc2c(c1)OCCO2)C1CCCCC1. The number of carbonyl (C=O) groups excluding carboxylic acids is 1. The number of fused-ring (bicyclic) bond motifs is 1. The molecule has 1 atom stereocenters. The second-order valence-corrected chi connectivity index (χ2v) is 7.10. The zero-order valence-corrected chi connectivity index (χ0v) is 15.3. The van der Waals surface area contributed by atoms with Gasteiger partial charge in [0.05, 0.1) is 0 Å². The number of nitrogens with two attached hydrogens (primary N) is 1. The molecule has 2 aromatic rings. The topological polar surface area (TPSA) is 99.6 Å². The number of aromatic nitrogens is 1. The predicted octanol–water partition coefficient (Wildman–Crippen LogP) is 2.75. The Hall–Kier alpha value is -2.54. The third-order valence-corrected chi connectivity index (χ3v) is 5.38. The van der Waals surface area contributed by atoms with Crippen LogP contribution < -0.4 is 20.5 Å². The van der Waals surface area contributed by atoms with Gasteiger partial charge in [-0.15, -0.1) is 0 Å². The molecule has 1 unspecified atom stereocenters. The quantitative estimate of drug-likeness (QED) is 0.838. The molecule has 2 aliphatic rings. The van der Waals surface area contributed by atoms with Crippen LogP contribution >= 0.6 is 0 Å². The van der Waals surface area contributed by atoms with E-state index < -0.39 is 0 Å². The molecule has 7 nitrogen and oxygen atoms in total. The molecule has 1 amide bonds. The highest BCUT2D eigenvalue weighted by molar-refractivity contribution is 5.97. The van der Waals surface area contributed by atoms with Crippen LogP contribution in [-0.2, 0) is 0 Å². The molecule has 1 fully saturated rings. The molecule has 0 radical (unpaired) electrons. The molecular formula is C20H25N3O4. The monoisotopic (exact) mass is 371 g/mol. The maximum atomic E-state index is 12.9. The van der Waals surface area contributed by atoms with E-state index in [1.54, 1.807) is 0 Å². The van der Waals surface area contributed by atoms with E-state index in [0.717, 1.165) is 18.4 Å². The Morgan fingerprint density at radius 2 is 1.96 bits per heavy atom. The highest BCUT2D eigenvalue weighted by Crippen LogP contribution is 2.35. The zero-order valence-electron chi connectivity index (χ0n) is 15.3. The van der Waals surface area contributed by atoms with Crippen molar-refractivity contribution < 1.29 is 18.7 Å². The fourth-order valence-corrected chi connectivity index (χ4v) is 3.94. The van der Waals surface area contributed by atoms with E-state index in [1.165, 1.54) is 25.7 Å². The number of nitrogens with one attached hydrogen (secondary N) is 1. The lowest BCUT2D eigenvalue weighted by molar-refractivity contribution is 0.0911. The molecule has 1 aliphatic heterocycles. The molecule has 0 saturated heterocycles. The Bertz CT molecular complexity index is 798. The van der Waals surface area contributed by atoms with Crippen molar-refractivity contribution in [3.63, 3.8) is 0 Å². The van der Waals surface area contributed by atoms with E-state index in [-0.39, 0.29) is 17.6 Å². The highest BCUT2D eigenvalue weighted by Gasteiger charge is 2.27. The second kappa shape index (κ2) is 8.00. The average Bonchev–Trinajstić information content (AvgIpc) is 3.22. The molecule has 144 valence electrons. The van der Waals surface area contributed by atoms with E-state index in [2.05, 4.69) is 10.3 Å².